The fraction of sp³-hybridized carbons (Fsp3) is 1.00. The highest BCUT2D eigenvalue weighted by Crippen LogP contribution is 1.94. The highest BCUT2D eigenvalue weighted by Gasteiger charge is 1.96. The third-order valence-electron chi connectivity index (χ3n) is 0.593. The summed E-state index contributed by atoms with van der Waals surface area (Å²) < 4.78 is 0. The zero-order valence-corrected chi connectivity index (χ0v) is 7.76. The monoisotopic (exact) mass is 157 g/mol. The molecule has 4 heteroatoms. The highest BCUT2D eigenvalue weighted by atomic mass is 35.5. The van der Waals surface area contributed by atoms with Gasteiger partial charge in [-0.1, -0.05) is 0 Å². The van der Waals surface area contributed by atoms with Crippen molar-refractivity contribution in [1.82, 2.24) is 4.98 Å². The lowest BCUT2D eigenvalue weighted by Crippen LogP contribution is -2.21. The minimum atomic E-state index is 0.110. The molecule has 0 aliphatic carbocycles. The standard InChI is InChI=1S/C3H9Cl2NSi/c4-1-3(5)2-6-7/h3,6H,1-2H2,7H3. The topological polar surface area (TPSA) is 12.0 Å². The van der Waals surface area contributed by atoms with Crippen LogP contribution < -0.4 is 4.98 Å². The maximum absolute atomic E-state index is 5.59. The van der Waals surface area contributed by atoms with Gasteiger partial charge in [-0.3, -0.25) is 0 Å². The minimum absolute atomic E-state index is 0.110. The summed E-state index contributed by atoms with van der Waals surface area (Å²) >= 11 is 11.0. The van der Waals surface area contributed by atoms with Gasteiger partial charge in [-0.2, -0.15) is 0 Å². The van der Waals surface area contributed by atoms with Gasteiger partial charge in [-0.05, 0) is 0 Å². The van der Waals surface area contributed by atoms with Crippen LogP contribution in [0.2, 0.25) is 0 Å². The molecule has 0 radical (unpaired) electrons. The lowest BCUT2D eigenvalue weighted by Gasteiger charge is -2.00. The van der Waals surface area contributed by atoms with Crippen molar-refractivity contribution in [2.45, 2.75) is 5.38 Å². The Hall–Kier alpha value is 0.757. The van der Waals surface area contributed by atoms with E-state index in [-0.39, 0.29) is 5.38 Å². The van der Waals surface area contributed by atoms with Crippen LogP contribution in [0.4, 0.5) is 0 Å². The summed E-state index contributed by atoms with van der Waals surface area (Å²) in [4.78, 5) is 3.04. The first-order valence-corrected chi connectivity index (χ1v) is 4.13. The predicted molar refractivity (Wildman–Crippen MR) is 38.3 cm³/mol. The van der Waals surface area contributed by atoms with E-state index in [0.29, 0.717) is 5.88 Å². The average Bonchev–Trinajstić information content (AvgIpc) is 1.68. The Kier molecular flexibility index (Phi) is 5.44. The largest absolute Gasteiger partial charge is 0.344 e. The molecule has 44 valence electrons. The first-order chi connectivity index (χ1) is 3.31. The van der Waals surface area contributed by atoms with E-state index in [1.54, 1.807) is 0 Å². The second-order valence-corrected chi connectivity index (χ2v) is 2.94. The quantitative estimate of drug-likeness (QED) is 0.439. The molecule has 0 saturated heterocycles. The van der Waals surface area contributed by atoms with E-state index >= 15 is 0 Å². The molecule has 0 spiro atoms. The van der Waals surface area contributed by atoms with Gasteiger partial charge in [-0.15, -0.1) is 23.2 Å². The SMILES string of the molecule is [SiH3]NCC(Cl)CCl. The Bertz CT molecular complexity index is 43.9. The average molecular weight is 158 g/mol. The summed E-state index contributed by atoms with van der Waals surface area (Å²) in [7, 11) is 0.998. The number of halogens is 2. The summed E-state index contributed by atoms with van der Waals surface area (Å²) in [5.74, 6) is 0.538. The first kappa shape index (κ1) is 7.76. The van der Waals surface area contributed by atoms with E-state index in [1.807, 2.05) is 0 Å². The van der Waals surface area contributed by atoms with Crippen molar-refractivity contribution in [2.75, 3.05) is 12.4 Å². The van der Waals surface area contributed by atoms with Crippen molar-refractivity contribution in [3.63, 3.8) is 0 Å². The minimum Gasteiger partial charge on any atom is -0.344 e. The molecule has 0 fully saturated rings. The maximum atomic E-state index is 5.59. The smallest absolute Gasteiger partial charge is 0.0750 e. The zero-order valence-electron chi connectivity index (χ0n) is 4.25. The van der Waals surface area contributed by atoms with Crippen molar-refractivity contribution in [3.05, 3.63) is 0 Å². The van der Waals surface area contributed by atoms with Crippen LogP contribution in [0.15, 0.2) is 0 Å². The molecule has 0 aliphatic rings. The van der Waals surface area contributed by atoms with Crippen molar-refractivity contribution >= 4 is 33.6 Å². The van der Waals surface area contributed by atoms with E-state index in [0.717, 1.165) is 16.9 Å². The highest BCUT2D eigenvalue weighted by molar-refractivity contribution is 6.28. The lowest BCUT2D eigenvalue weighted by atomic mass is 10.5. The van der Waals surface area contributed by atoms with Crippen LogP contribution in [0.25, 0.3) is 0 Å². The third-order valence-corrected chi connectivity index (χ3v) is 1.84. The number of alkyl halides is 2. The van der Waals surface area contributed by atoms with Gasteiger partial charge >= 0.3 is 0 Å². The Morgan fingerprint density at radius 3 is 2.43 bits per heavy atom. The summed E-state index contributed by atoms with van der Waals surface area (Å²) in [6.45, 7) is 0.845. The molecule has 0 aromatic rings. The van der Waals surface area contributed by atoms with Crippen molar-refractivity contribution in [1.29, 1.82) is 0 Å². The molecule has 0 rings (SSSR count). The van der Waals surface area contributed by atoms with Crippen LogP contribution in [0, 0.1) is 0 Å². The molecule has 1 atom stereocenters. The predicted octanol–water partition coefficient (Wildman–Crippen LogP) is -0.297. The summed E-state index contributed by atoms with van der Waals surface area (Å²) in [6.07, 6.45) is 0. The maximum Gasteiger partial charge on any atom is 0.0750 e. The van der Waals surface area contributed by atoms with Crippen molar-refractivity contribution in [3.8, 4) is 0 Å². The van der Waals surface area contributed by atoms with Gasteiger partial charge in [0, 0.05) is 12.4 Å². The van der Waals surface area contributed by atoms with Gasteiger partial charge in [0.05, 0.1) is 15.8 Å². The molecule has 7 heavy (non-hydrogen) atoms. The first-order valence-electron chi connectivity index (χ1n) is 2.16. The van der Waals surface area contributed by atoms with Crippen molar-refractivity contribution in [2.24, 2.45) is 0 Å². The third kappa shape index (κ3) is 4.61. The Morgan fingerprint density at radius 2 is 2.29 bits per heavy atom. The summed E-state index contributed by atoms with van der Waals surface area (Å²) in [5, 5.41) is 0.110. The van der Waals surface area contributed by atoms with Crippen LogP contribution >= 0.6 is 23.2 Å². The molecule has 1 N–H and O–H groups in total. The molecule has 0 bridgehead atoms. The van der Waals surface area contributed by atoms with Crippen molar-refractivity contribution < 1.29 is 0 Å². The van der Waals surface area contributed by atoms with Crippen LogP contribution in [-0.4, -0.2) is 28.2 Å². The van der Waals surface area contributed by atoms with E-state index < -0.39 is 0 Å². The van der Waals surface area contributed by atoms with E-state index in [1.165, 1.54) is 0 Å². The van der Waals surface area contributed by atoms with Crippen LogP contribution in [0.1, 0.15) is 0 Å². The molecular weight excluding hydrogens is 149 g/mol. The second kappa shape index (κ2) is 4.90. The summed E-state index contributed by atoms with van der Waals surface area (Å²) in [5.41, 5.74) is 0. The molecule has 1 unspecified atom stereocenters. The van der Waals surface area contributed by atoms with Gasteiger partial charge in [-0.25, -0.2) is 0 Å². The molecule has 0 aliphatic heterocycles. The van der Waals surface area contributed by atoms with Gasteiger partial charge in [0.15, 0.2) is 0 Å². The fourth-order valence-corrected chi connectivity index (χ4v) is 1.29. The molecule has 0 saturated carbocycles. The van der Waals surface area contributed by atoms with Gasteiger partial charge < -0.3 is 4.98 Å². The molecule has 1 nitrogen and oxygen atoms in total. The number of nitrogens with one attached hydrogen (secondary N) is 1. The zero-order chi connectivity index (χ0) is 5.70. The molecule has 0 aromatic carbocycles. The Morgan fingerprint density at radius 1 is 1.71 bits per heavy atom. The number of hydrogen-bond acceptors (Lipinski definition) is 1. The Balaban J connectivity index is 2.83. The van der Waals surface area contributed by atoms with E-state index in [4.69, 9.17) is 23.2 Å². The van der Waals surface area contributed by atoms with Gasteiger partial charge in [0.25, 0.3) is 0 Å². The van der Waals surface area contributed by atoms with Gasteiger partial charge in [0.2, 0.25) is 0 Å². The Labute approximate surface area is 56.9 Å². The second-order valence-electron chi connectivity index (χ2n) is 1.31. The van der Waals surface area contributed by atoms with Crippen LogP contribution in [-0.2, 0) is 0 Å². The number of rotatable bonds is 3. The number of hydrogen-bond donors (Lipinski definition) is 1. The molecular formula is C3H9Cl2NSi. The van der Waals surface area contributed by atoms with E-state index in [2.05, 4.69) is 4.98 Å². The summed E-state index contributed by atoms with van der Waals surface area (Å²) in [6, 6.07) is 0. The fourth-order valence-electron chi connectivity index (χ4n) is 0.276. The normalized spacial score (nSPS) is 14.6. The molecule has 0 heterocycles. The molecule has 0 amide bonds. The van der Waals surface area contributed by atoms with Gasteiger partial charge in [0.1, 0.15) is 0 Å². The van der Waals surface area contributed by atoms with Crippen LogP contribution in [0.3, 0.4) is 0 Å². The van der Waals surface area contributed by atoms with Crippen LogP contribution in [0.5, 0.6) is 0 Å². The lowest BCUT2D eigenvalue weighted by molar-refractivity contribution is 0.882. The molecule has 0 aromatic heterocycles. The van der Waals surface area contributed by atoms with E-state index in [9.17, 15) is 0 Å².